The largest absolute Gasteiger partial charge is 0.481 e. The first-order valence-corrected chi connectivity index (χ1v) is 5.97. The summed E-state index contributed by atoms with van der Waals surface area (Å²) in [6.07, 6.45) is 2.09. The van der Waals surface area contributed by atoms with E-state index in [0.29, 0.717) is 18.7 Å². The summed E-state index contributed by atoms with van der Waals surface area (Å²) < 4.78 is 0. The van der Waals surface area contributed by atoms with Crippen molar-refractivity contribution >= 4 is 11.9 Å². The molecule has 2 rings (SSSR count). The molecule has 0 saturated carbocycles. The predicted octanol–water partition coefficient (Wildman–Crippen LogP) is 1.33. The zero-order chi connectivity index (χ0) is 13.3. The minimum atomic E-state index is -0.837. The van der Waals surface area contributed by atoms with Crippen molar-refractivity contribution in [3.8, 4) is 0 Å². The molecule has 1 aliphatic heterocycles. The van der Waals surface area contributed by atoms with Crippen LogP contribution in [-0.4, -0.2) is 39.5 Å². The molecule has 0 spiro atoms. The summed E-state index contributed by atoms with van der Waals surface area (Å²) in [7, 11) is 0. The van der Waals surface area contributed by atoms with Crippen molar-refractivity contribution < 1.29 is 14.7 Å². The zero-order valence-electron chi connectivity index (χ0n) is 10.5. The van der Waals surface area contributed by atoms with Gasteiger partial charge in [-0.2, -0.15) is 0 Å². The van der Waals surface area contributed by atoms with E-state index in [1.807, 2.05) is 13.0 Å². The van der Waals surface area contributed by atoms with Crippen molar-refractivity contribution in [2.45, 2.75) is 26.3 Å². The van der Waals surface area contributed by atoms with Crippen LogP contribution in [0.5, 0.6) is 0 Å². The molecule has 1 aliphatic rings. The fraction of sp³-hybridized carbons (Fsp3) is 0.462. The fourth-order valence-corrected chi connectivity index (χ4v) is 2.40. The van der Waals surface area contributed by atoms with Crippen LogP contribution in [0, 0.1) is 12.8 Å². The Morgan fingerprint density at radius 1 is 1.50 bits per heavy atom. The molecule has 1 N–H and O–H groups in total. The molecular formula is C13H16N2O3. The van der Waals surface area contributed by atoms with Crippen LogP contribution in [0.25, 0.3) is 0 Å². The van der Waals surface area contributed by atoms with Crippen LogP contribution in [0.4, 0.5) is 0 Å². The highest BCUT2D eigenvalue weighted by Gasteiger charge is 2.38. The van der Waals surface area contributed by atoms with Gasteiger partial charge in [-0.15, -0.1) is 0 Å². The smallest absolute Gasteiger partial charge is 0.308 e. The topological polar surface area (TPSA) is 70.5 Å². The number of carbonyl (C=O) groups is 2. The molecule has 0 aliphatic carbocycles. The summed E-state index contributed by atoms with van der Waals surface area (Å²) in [5.74, 6) is -1.49. The zero-order valence-corrected chi connectivity index (χ0v) is 10.5. The van der Waals surface area contributed by atoms with Gasteiger partial charge in [-0.3, -0.25) is 14.6 Å². The normalized spacial score (nSPS) is 23.1. The maximum atomic E-state index is 12.3. The molecule has 2 heterocycles. The highest BCUT2D eigenvalue weighted by Crippen LogP contribution is 2.26. The third kappa shape index (κ3) is 2.08. The number of rotatable bonds is 2. The summed E-state index contributed by atoms with van der Waals surface area (Å²) in [5, 5.41) is 9.05. The lowest BCUT2D eigenvalue weighted by Gasteiger charge is -2.23. The molecule has 0 bridgehead atoms. The number of carbonyl (C=O) groups excluding carboxylic acids is 1. The van der Waals surface area contributed by atoms with Crippen LogP contribution in [0.2, 0.25) is 0 Å². The molecule has 1 saturated heterocycles. The molecule has 1 amide bonds. The lowest BCUT2D eigenvalue weighted by atomic mass is 10.0. The van der Waals surface area contributed by atoms with Crippen molar-refractivity contribution in [3.05, 3.63) is 29.6 Å². The average molecular weight is 248 g/mol. The lowest BCUT2D eigenvalue weighted by molar-refractivity contribution is -0.142. The number of carboxylic acid groups (broad SMARTS) is 1. The standard InChI is InChI=1S/C13H16N2O3/c1-8-4-3-6-14-11(8)12(16)15-7-5-10(9(15)2)13(17)18/h3-4,6,9-10H,5,7H2,1-2H3,(H,17,18). The molecule has 0 aromatic carbocycles. The van der Waals surface area contributed by atoms with E-state index in [1.54, 1.807) is 24.1 Å². The molecule has 0 radical (unpaired) electrons. The number of hydrogen-bond acceptors (Lipinski definition) is 3. The lowest BCUT2D eigenvalue weighted by Crippen LogP contribution is -2.38. The number of pyridine rings is 1. The summed E-state index contributed by atoms with van der Waals surface area (Å²) in [6, 6.07) is 3.33. The number of carboxylic acids is 1. The molecule has 1 aromatic heterocycles. The SMILES string of the molecule is Cc1cccnc1C(=O)N1CCC(C(=O)O)C1C. The summed E-state index contributed by atoms with van der Waals surface area (Å²) in [6.45, 7) is 4.09. The van der Waals surface area contributed by atoms with Crippen LogP contribution in [-0.2, 0) is 4.79 Å². The van der Waals surface area contributed by atoms with Crippen molar-refractivity contribution in [3.63, 3.8) is 0 Å². The monoisotopic (exact) mass is 248 g/mol. The van der Waals surface area contributed by atoms with E-state index < -0.39 is 11.9 Å². The number of hydrogen-bond donors (Lipinski definition) is 1. The first kappa shape index (κ1) is 12.5. The van der Waals surface area contributed by atoms with Crippen LogP contribution < -0.4 is 0 Å². The molecular weight excluding hydrogens is 232 g/mol. The van der Waals surface area contributed by atoms with E-state index in [2.05, 4.69) is 4.98 Å². The molecule has 5 nitrogen and oxygen atoms in total. The molecule has 2 atom stereocenters. The highest BCUT2D eigenvalue weighted by atomic mass is 16.4. The van der Waals surface area contributed by atoms with Gasteiger partial charge in [0.1, 0.15) is 5.69 Å². The summed E-state index contributed by atoms with van der Waals surface area (Å²) in [4.78, 5) is 29.0. The van der Waals surface area contributed by atoms with Crippen molar-refractivity contribution in [2.24, 2.45) is 5.92 Å². The number of amides is 1. The van der Waals surface area contributed by atoms with Gasteiger partial charge in [0.2, 0.25) is 0 Å². The number of likely N-dealkylation sites (tertiary alicyclic amines) is 1. The van der Waals surface area contributed by atoms with Crippen LogP contribution >= 0.6 is 0 Å². The Morgan fingerprint density at radius 2 is 2.22 bits per heavy atom. The van der Waals surface area contributed by atoms with E-state index in [9.17, 15) is 9.59 Å². The van der Waals surface area contributed by atoms with Gasteiger partial charge in [-0.05, 0) is 31.9 Å². The molecule has 96 valence electrons. The van der Waals surface area contributed by atoms with Gasteiger partial charge in [0.05, 0.1) is 5.92 Å². The first-order valence-electron chi connectivity index (χ1n) is 5.97. The van der Waals surface area contributed by atoms with Crippen molar-refractivity contribution in [2.75, 3.05) is 6.54 Å². The number of aryl methyl sites for hydroxylation is 1. The Bertz CT molecular complexity index is 487. The second kappa shape index (κ2) is 4.76. The minimum absolute atomic E-state index is 0.177. The summed E-state index contributed by atoms with van der Waals surface area (Å²) in [5.41, 5.74) is 1.23. The quantitative estimate of drug-likeness (QED) is 0.857. The molecule has 2 unspecified atom stereocenters. The van der Waals surface area contributed by atoms with E-state index in [-0.39, 0.29) is 11.9 Å². The van der Waals surface area contributed by atoms with Gasteiger partial charge in [0.15, 0.2) is 0 Å². The number of aliphatic carboxylic acids is 1. The number of aromatic nitrogens is 1. The van der Waals surface area contributed by atoms with Gasteiger partial charge in [0, 0.05) is 18.8 Å². The third-order valence-corrected chi connectivity index (χ3v) is 3.55. The van der Waals surface area contributed by atoms with E-state index in [1.165, 1.54) is 0 Å². The maximum absolute atomic E-state index is 12.3. The molecule has 1 fully saturated rings. The Labute approximate surface area is 105 Å². The van der Waals surface area contributed by atoms with Gasteiger partial charge >= 0.3 is 5.97 Å². The average Bonchev–Trinajstić information content (AvgIpc) is 2.71. The van der Waals surface area contributed by atoms with Crippen molar-refractivity contribution in [1.29, 1.82) is 0 Å². The van der Waals surface area contributed by atoms with E-state index >= 15 is 0 Å². The van der Waals surface area contributed by atoms with E-state index in [0.717, 1.165) is 5.56 Å². The predicted molar refractivity (Wildman–Crippen MR) is 65.2 cm³/mol. The Hall–Kier alpha value is -1.91. The van der Waals surface area contributed by atoms with Gasteiger partial charge in [-0.1, -0.05) is 6.07 Å². The third-order valence-electron chi connectivity index (χ3n) is 3.55. The first-order chi connectivity index (χ1) is 8.52. The fourth-order valence-electron chi connectivity index (χ4n) is 2.40. The second-order valence-corrected chi connectivity index (χ2v) is 4.64. The van der Waals surface area contributed by atoms with Gasteiger partial charge in [0.25, 0.3) is 5.91 Å². The molecule has 5 heteroatoms. The number of nitrogens with zero attached hydrogens (tertiary/aromatic N) is 2. The van der Waals surface area contributed by atoms with Gasteiger partial charge in [-0.25, -0.2) is 0 Å². The molecule has 18 heavy (non-hydrogen) atoms. The van der Waals surface area contributed by atoms with Gasteiger partial charge < -0.3 is 10.0 Å². The van der Waals surface area contributed by atoms with Crippen LogP contribution in [0.15, 0.2) is 18.3 Å². The maximum Gasteiger partial charge on any atom is 0.308 e. The van der Waals surface area contributed by atoms with E-state index in [4.69, 9.17) is 5.11 Å². The Morgan fingerprint density at radius 3 is 2.78 bits per heavy atom. The van der Waals surface area contributed by atoms with Crippen LogP contribution in [0.1, 0.15) is 29.4 Å². The Balaban J connectivity index is 2.21. The second-order valence-electron chi connectivity index (χ2n) is 4.64. The highest BCUT2D eigenvalue weighted by molar-refractivity contribution is 5.94. The Kier molecular flexibility index (Phi) is 3.32. The van der Waals surface area contributed by atoms with Crippen LogP contribution in [0.3, 0.4) is 0 Å². The minimum Gasteiger partial charge on any atom is -0.481 e. The van der Waals surface area contributed by atoms with Crippen molar-refractivity contribution in [1.82, 2.24) is 9.88 Å². The molecule has 1 aromatic rings. The summed E-state index contributed by atoms with van der Waals surface area (Å²) >= 11 is 0.